The number of carbonyl (C=O) groups is 1. The van der Waals surface area contributed by atoms with E-state index in [0.29, 0.717) is 11.3 Å². The van der Waals surface area contributed by atoms with E-state index in [2.05, 4.69) is 26.2 Å². The molecule has 0 fully saturated rings. The summed E-state index contributed by atoms with van der Waals surface area (Å²) in [7, 11) is 1.60. The van der Waals surface area contributed by atoms with E-state index in [1.165, 1.54) is 11.8 Å². The van der Waals surface area contributed by atoms with Crippen LogP contribution < -0.4 is 11.1 Å². The molecule has 2 rings (SSSR count). The van der Waals surface area contributed by atoms with Crippen molar-refractivity contribution >= 4 is 39.3 Å². The first-order valence-corrected chi connectivity index (χ1v) is 7.12. The van der Waals surface area contributed by atoms with Crippen LogP contribution in [0.1, 0.15) is 10.4 Å². The van der Waals surface area contributed by atoms with Gasteiger partial charge in [0, 0.05) is 23.8 Å². The molecule has 19 heavy (non-hydrogen) atoms. The number of nitrogens with one attached hydrogen (secondary N) is 1. The third kappa shape index (κ3) is 3.27. The molecule has 6 heteroatoms. The fourth-order valence-corrected chi connectivity index (χ4v) is 2.95. The summed E-state index contributed by atoms with van der Waals surface area (Å²) in [5.41, 5.74) is 6.98. The Morgan fingerprint density at radius 3 is 2.89 bits per heavy atom. The van der Waals surface area contributed by atoms with Crippen LogP contribution in [0.5, 0.6) is 0 Å². The first kappa shape index (κ1) is 13.9. The Hall–Kier alpha value is -1.53. The summed E-state index contributed by atoms with van der Waals surface area (Å²) in [4.78, 5) is 16.9. The molecule has 1 amide bonds. The molecule has 0 radical (unpaired) electrons. The maximum atomic E-state index is 11.8. The largest absolute Gasteiger partial charge is 0.399 e. The Bertz CT molecular complexity index is 619. The van der Waals surface area contributed by atoms with E-state index in [0.717, 1.165) is 14.4 Å². The van der Waals surface area contributed by atoms with Gasteiger partial charge in [-0.3, -0.25) is 4.79 Å². The lowest BCUT2D eigenvalue weighted by Crippen LogP contribution is -2.18. The van der Waals surface area contributed by atoms with Crippen LogP contribution in [0.15, 0.2) is 50.9 Å². The van der Waals surface area contributed by atoms with E-state index in [4.69, 9.17) is 5.73 Å². The van der Waals surface area contributed by atoms with E-state index in [-0.39, 0.29) is 5.91 Å². The second-order valence-corrected chi connectivity index (χ2v) is 5.61. The molecule has 0 aliphatic rings. The molecule has 0 bridgehead atoms. The van der Waals surface area contributed by atoms with Gasteiger partial charge in [0.05, 0.1) is 10.0 Å². The first-order chi connectivity index (χ1) is 9.11. The number of hydrogen-bond acceptors (Lipinski definition) is 4. The summed E-state index contributed by atoms with van der Waals surface area (Å²) in [5, 5.41) is 3.41. The van der Waals surface area contributed by atoms with Gasteiger partial charge >= 0.3 is 0 Å². The summed E-state index contributed by atoms with van der Waals surface area (Å²) in [5.74, 6) is -0.144. The minimum atomic E-state index is -0.144. The zero-order valence-electron chi connectivity index (χ0n) is 10.2. The monoisotopic (exact) mass is 337 g/mol. The molecular formula is C13H12BrN3OS. The SMILES string of the molecule is CNC(=O)c1ccc(N)cc1Sc1ncccc1Br. The van der Waals surface area contributed by atoms with Crippen LogP contribution in [0.3, 0.4) is 0 Å². The van der Waals surface area contributed by atoms with Gasteiger partial charge in [0.1, 0.15) is 5.03 Å². The van der Waals surface area contributed by atoms with Gasteiger partial charge in [-0.2, -0.15) is 0 Å². The number of nitrogens with two attached hydrogens (primary N) is 1. The van der Waals surface area contributed by atoms with Gasteiger partial charge in [0.15, 0.2) is 0 Å². The smallest absolute Gasteiger partial charge is 0.252 e. The number of halogens is 1. The van der Waals surface area contributed by atoms with Gasteiger partial charge in [-0.15, -0.1) is 0 Å². The van der Waals surface area contributed by atoms with Crippen molar-refractivity contribution in [1.82, 2.24) is 10.3 Å². The lowest BCUT2D eigenvalue weighted by atomic mass is 10.2. The second kappa shape index (κ2) is 6.08. The Balaban J connectivity index is 2.41. The van der Waals surface area contributed by atoms with Crippen LogP contribution in [0.25, 0.3) is 0 Å². The number of pyridine rings is 1. The number of rotatable bonds is 3. The normalized spacial score (nSPS) is 10.2. The number of aromatic nitrogens is 1. The van der Waals surface area contributed by atoms with Gasteiger partial charge in [0.25, 0.3) is 5.91 Å². The molecule has 3 N–H and O–H groups in total. The van der Waals surface area contributed by atoms with E-state index < -0.39 is 0 Å². The maximum absolute atomic E-state index is 11.8. The number of carbonyl (C=O) groups excluding carboxylic acids is 1. The molecule has 98 valence electrons. The van der Waals surface area contributed by atoms with E-state index in [1.807, 2.05) is 12.1 Å². The third-order valence-electron chi connectivity index (χ3n) is 2.41. The number of anilines is 1. The van der Waals surface area contributed by atoms with Gasteiger partial charge in [-0.1, -0.05) is 11.8 Å². The van der Waals surface area contributed by atoms with Crippen LogP contribution in [0.4, 0.5) is 5.69 Å². The highest BCUT2D eigenvalue weighted by atomic mass is 79.9. The summed E-state index contributed by atoms with van der Waals surface area (Å²) in [6, 6.07) is 8.94. The summed E-state index contributed by atoms with van der Waals surface area (Å²) in [6.45, 7) is 0. The maximum Gasteiger partial charge on any atom is 0.252 e. The molecule has 0 saturated carbocycles. The fraction of sp³-hybridized carbons (Fsp3) is 0.0769. The van der Waals surface area contributed by atoms with Gasteiger partial charge in [0.2, 0.25) is 0 Å². The molecule has 2 aromatic rings. The molecule has 1 aromatic heterocycles. The molecule has 0 saturated heterocycles. The number of nitrogen functional groups attached to an aromatic ring is 1. The minimum absolute atomic E-state index is 0.144. The molecule has 1 heterocycles. The van der Waals surface area contributed by atoms with Gasteiger partial charge in [-0.25, -0.2) is 4.98 Å². The van der Waals surface area contributed by atoms with Crippen molar-refractivity contribution < 1.29 is 4.79 Å². The minimum Gasteiger partial charge on any atom is -0.399 e. The predicted octanol–water partition coefficient (Wildman–Crippen LogP) is 2.94. The van der Waals surface area contributed by atoms with Crippen molar-refractivity contribution in [3.63, 3.8) is 0 Å². The van der Waals surface area contributed by atoms with Crippen molar-refractivity contribution in [3.8, 4) is 0 Å². The first-order valence-electron chi connectivity index (χ1n) is 5.52. The summed E-state index contributed by atoms with van der Waals surface area (Å²) >= 11 is 4.84. The van der Waals surface area contributed by atoms with E-state index in [1.54, 1.807) is 31.4 Å². The van der Waals surface area contributed by atoms with Gasteiger partial charge in [-0.05, 0) is 46.3 Å². The third-order valence-corrected chi connectivity index (χ3v) is 4.39. The molecule has 1 aromatic carbocycles. The molecular weight excluding hydrogens is 326 g/mol. The van der Waals surface area contributed by atoms with E-state index >= 15 is 0 Å². The molecule has 0 spiro atoms. The highest BCUT2D eigenvalue weighted by Gasteiger charge is 2.13. The van der Waals surface area contributed by atoms with Crippen molar-refractivity contribution in [1.29, 1.82) is 0 Å². The average Bonchev–Trinajstić information content (AvgIpc) is 2.41. The van der Waals surface area contributed by atoms with E-state index in [9.17, 15) is 4.79 Å². The number of amides is 1. The number of benzene rings is 1. The standard InChI is InChI=1S/C13H12BrN3OS/c1-16-12(18)9-5-4-8(15)7-11(9)19-13-10(14)3-2-6-17-13/h2-7H,15H2,1H3,(H,16,18). The highest BCUT2D eigenvalue weighted by Crippen LogP contribution is 2.34. The van der Waals surface area contributed by atoms with Crippen molar-refractivity contribution in [2.45, 2.75) is 9.92 Å². The van der Waals surface area contributed by atoms with Crippen LogP contribution >= 0.6 is 27.7 Å². The zero-order chi connectivity index (χ0) is 13.8. The van der Waals surface area contributed by atoms with Crippen LogP contribution in [0.2, 0.25) is 0 Å². The van der Waals surface area contributed by atoms with Crippen molar-refractivity contribution in [2.75, 3.05) is 12.8 Å². The Labute approximate surface area is 123 Å². The van der Waals surface area contributed by atoms with Crippen LogP contribution in [-0.2, 0) is 0 Å². The predicted molar refractivity (Wildman–Crippen MR) is 80.3 cm³/mol. The fourth-order valence-electron chi connectivity index (χ4n) is 1.50. The second-order valence-electron chi connectivity index (χ2n) is 3.73. The summed E-state index contributed by atoms with van der Waals surface area (Å²) in [6.07, 6.45) is 1.71. The number of hydrogen-bond donors (Lipinski definition) is 2. The molecule has 0 unspecified atom stereocenters. The highest BCUT2D eigenvalue weighted by molar-refractivity contribution is 9.10. The Morgan fingerprint density at radius 1 is 1.42 bits per heavy atom. The quantitative estimate of drug-likeness (QED) is 0.845. The van der Waals surface area contributed by atoms with Crippen molar-refractivity contribution in [3.05, 3.63) is 46.6 Å². The molecule has 0 aliphatic carbocycles. The van der Waals surface area contributed by atoms with Crippen LogP contribution in [-0.4, -0.2) is 17.9 Å². The molecule has 0 aliphatic heterocycles. The average molecular weight is 338 g/mol. The lowest BCUT2D eigenvalue weighted by molar-refractivity contribution is 0.0960. The topological polar surface area (TPSA) is 68.0 Å². The number of nitrogens with zero attached hydrogens (tertiary/aromatic N) is 1. The Morgan fingerprint density at radius 2 is 2.21 bits per heavy atom. The Kier molecular flexibility index (Phi) is 4.44. The molecule has 0 atom stereocenters. The van der Waals surface area contributed by atoms with Gasteiger partial charge < -0.3 is 11.1 Å². The van der Waals surface area contributed by atoms with Crippen molar-refractivity contribution in [2.24, 2.45) is 0 Å². The molecule has 4 nitrogen and oxygen atoms in total. The van der Waals surface area contributed by atoms with Crippen LogP contribution in [0, 0.1) is 0 Å². The summed E-state index contributed by atoms with van der Waals surface area (Å²) < 4.78 is 0.880. The lowest BCUT2D eigenvalue weighted by Gasteiger charge is -2.09. The zero-order valence-corrected chi connectivity index (χ0v) is 12.6.